The first-order valence-electron chi connectivity index (χ1n) is 8.66. The summed E-state index contributed by atoms with van der Waals surface area (Å²) < 4.78 is 1.22. The van der Waals surface area contributed by atoms with Crippen LogP contribution < -0.4 is 10.9 Å². The van der Waals surface area contributed by atoms with Crippen molar-refractivity contribution in [1.82, 2.24) is 15.1 Å². The molecule has 132 valence electrons. The van der Waals surface area contributed by atoms with Crippen LogP contribution in [0.4, 0.5) is 0 Å². The minimum atomic E-state index is -0.287. The first kappa shape index (κ1) is 17.7. The van der Waals surface area contributed by atoms with Crippen molar-refractivity contribution >= 4 is 17.5 Å². The van der Waals surface area contributed by atoms with Crippen LogP contribution in [0.3, 0.4) is 0 Å². The van der Waals surface area contributed by atoms with Crippen molar-refractivity contribution in [2.45, 2.75) is 45.2 Å². The molecule has 1 aliphatic carbocycles. The third kappa shape index (κ3) is 4.48. The van der Waals surface area contributed by atoms with Crippen LogP contribution in [0.25, 0.3) is 11.3 Å². The lowest BCUT2D eigenvalue weighted by Gasteiger charge is -2.29. The summed E-state index contributed by atoms with van der Waals surface area (Å²) in [7, 11) is 0. The minimum Gasteiger partial charge on any atom is -0.351 e. The molecule has 1 N–H and O–H groups in total. The van der Waals surface area contributed by atoms with E-state index in [1.54, 1.807) is 18.2 Å². The second-order valence-electron chi connectivity index (χ2n) is 6.66. The normalized spacial score (nSPS) is 20.2. The first-order valence-corrected chi connectivity index (χ1v) is 9.04. The molecule has 1 aromatic heterocycles. The van der Waals surface area contributed by atoms with Gasteiger partial charge in [0.15, 0.2) is 0 Å². The van der Waals surface area contributed by atoms with E-state index in [4.69, 9.17) is 11.6 Å². The van der Waals surface area contributed by atoms with Crippen molar-refractivity contribution < 1.29 is 4.79 Å². The number of hydrogen-bond acceptors (Lipinski definition) is 3. The van der Waals surface area contributed by atoms with Crippen LogP contribution in [0.1, 0.15) is 32.6 Å². The fraction of sp³-hybridized carbons (Fsp3) is 0.421. The molecule has 2 unspecified atom stereocenters. The quantitative estimate of drug-likeness (QED) is 0.911. The lowest BCUT2D eigenvalue weighted by molar-refractivity contribution is -0.123. The maximum atomic E-state index is 12.3. The average molecular weight is 360 g/mol. The summed E-state index contributed by atoms with van der Waals surface area (Å²) in [6.07, 6.45) is 4.49. The van der Waals surface area contributed by atoms with Gasteiger partial charge in [-0.05, 0) is 37.0 Å². The molecule has 2 atom stereocenters. The zero-order valence-corrected chi connectivity index (χ0v) is 15.0. The Hall–Kier alpha value is -2.14. The summed E-state index contributed by atoms with van der Waals surface area (Å²) in [5, 5.41) is 8.02. The number of aromatic nitrogens is 2. The summed E-state index contributed by atoms with van der Waals surface area (Å²) in [6.45, 7) is 2.10. The maximum absolute atomic E-state index is 12.3. The van der Waals surface area contributed by atoms with Gasteiger partial charge in [-0.3, -0.25) is 9.59 Å². The number of nitrogens with zero attached hydrogens (tertiary/aromatic N) is 2. The van der Waals surface area contributed by atoms with Crippen LogP contribution in [0.2, 0.25) is 5.02 Å². The van der Waals surface area contributed by atoms with Crippen LogP contribution in [-0.4, -0.2) is 21.7 Å². The number of nitrogens with one attached hydrogen (secondary N) is 1. The highest BCUT2D eigenvalue weighted by Gasteiger charge is 2.23. The zero-order chi connectivity index (χ0) is 17.8. The van der Waals surface area contributed by atoms with Crippen molar-refractivity contribution in [2.75, 3.05) is 0 Å². The Bertz CT molecular complexity index is 801. The van der Waals surface area contributed by atoms with Gasteiger partial charge in [0.05, 0.1) is 5.69 Å². The van der Waals surface area contributed by atoms with Crippen molar-refractivity contribution in [1.29, 1.82) is 0 Å². The molecule has 1 amide bonds. The number of carbonyl (C=O) groups excluding carboxylic acids is 1. The Labute approximate surface area is 152 Å². The standard InChI is InChI=1S/C19H22ClN3O2/c1-13-4-2-3-5-16(13)21-18(24)12-23-19(25)11-10-17(22-23)14-6-8-15(20)9-7-14/h6-11,13,16H,2-5,12H2,1H3,(H,21,24). The van der Waals surface area contributed by atoms with Crippen LogP contribution >= 0.6 is 11.6 Å². The van der Waals surface area contributed by atoms with Crippen molar-refractivity contribution in [3.63, 3.8) is 0 Å². The molecular formula is C19H22ClN3O2. The summed E-state index contributed by atoms with van der Waals surface area (Å²) in [6, 6.07) is 10.5. The number of amides is 1. The van der Waals surface area contributed by atoms with Crippen LogP contribution in [-0.2, 0) is 11.3 Å². The van der Waals surface area contributed by atoms with E-state index in [0.717, 1.165) is 24.8 Å². The summed E-state index contributed by atoms with van der Waals surface area (Å²) in [5.74, 6) is 0.310. The molecule has 0 spiro atoms. The number of carbonyl (C=O) groups is 1. The Morgan fingerprint density at radius 1 is 1.20 bits per heavy atom. The molecule has 0 radical (unpaired) electrons. The predicted molar refractivity (Wildman–Crippen MR) is 98.5 cm³/mol. The second kappa shape index (κ2) is 7.83. The molecule has 0 bridgehead atoms. The molecule has 5 nitrogen and oxygen atoms in total. The molecule has 6 heteroatoms. The summed E-state index contributed by atoms with van der Waals surface area (Å²) in [5.41, 5.74) is 1.19. The van der Waals surface area contributed by atoms with Gasteiger partial charge in [-0.15, -0.1) is 0 Å². The minimum absolute atomic E-state index is 0.0660. The second-order valence-corrected chi connectivity index (χ2v) is 7.09. The number of hydrogen-bond donors (Lipinski definition) is 1. The molecule has 1 heterocycles. The van der Waals surface area contributed by atoms with E-state index < -0.39 is 0 Å². The summed E-state index contributed by atoms with van der Waals surface area (Å²) in [4.78, 5) is 24.4. The van der Waals surface area contributed by atoms with Crippen molar-refractivity contribution in [2.24, 2.45) is 5.92 Å². The Morgan fingerprint density at radius 2 is 1.92 bits per heavy atom. The van der Waals surface area contributed by atoms with Crippen molar-refractivity contribution in [3.8, 4) is 11.3 Å². The van der Waals surface area contributed by atoms with Gasteiger partial charge in [-0.2, -0.15) is 5.10 Å². The fourth-order valence-electron chi connectivity index (χ4n) is 3.26. The van der Waals surface area contributed by atoms with Crippen LogP contribution in [0.5, 0.6) is 0 Å². The van der Waals surface area contributed by atoms with Gasteiger partial charge in [-0.25, -0.2) is 4.68 Å². The van der Waals surface area contributed by atoms with Crippen LogP contribution in [0.15, 0.2) is 41.2 Å². The highest BCUT2D eigenvalue weighted by atomic mass is 35.5. The van der Waals surface area contributed by atoms with Gasteiger partial charge in [0.1, 0.15) is 6.54 Å². The van der Waals surface area contributed by atoms with Gasteiger partial charge < -0.3 is 5.32 Å². The Kier molecular flexibility index (Phi) is 5.53. The molecular weight excluding hydrogens is 338 g/mol. The Balaban J connectivity index is 1.73. The largest absolute Gasteiger partial charge is 0.351 e. The molecule has 1 saturated carbocycles. The highest BCUT2D eigenvalue weighted by Crippen LogP contribution is 2.23. The van der Waals surface area contributed by atoms with E-state index in [1.807, 2.05) is 12.1 Å². The smallest absolute Gasteiger partial charge is 0.267 e. The highest BCUT2D eigenvalue weighted by molar-refractivity contribution is 6.30. The van der Waals surface area contributed by atoms with Gasteiger partial charge in [-0.1, -0.05) is 43.5 Å². The molecule has 1 aromatic carbocycles. The van der Waals surface area contributed by atoms with Gasteiger partial charge >= 0.3 is 0 Å². The molecule has 3 rings (SSSR count). The Morgan fingerprint density at radius 3 is 2.64 bits per heavy atom. The third-order valence-corrected chi connectivity index (χ3v) is 5.01. The SMILES string of the molecule is CC1CCCCC1NC(=O)Cn1nc(-c2ccc(Cl)cc2)ccc1=O. The van der Waals surface area contributed by atoms with E-state index in [0.29, 0.717) is 16.6 Å². The zero-order valence-electron chi connectivity index (χ0n) is 14.2. The van der Waals surface area contributed by atoms with Gasteiger partial charge in [0, 0.05) is 22.7 Å². The van der Waals surface area contributed by atoms with Gasteiger partial charge in [0.2, 0.25) is 5.91 Å². The molecule has 1 fully saturated rings. The number of rotatable bonds is 4. The lowest BCUT2D eigenvalue weighted by atomic mass is 9.86. The van der Waals surface area contributed by atoms with Crippen molar-refractivity contribution in [3.05, 3.63) is 51.8 Å². The van der Waals surface area contributed by atoms with E-state index in [9.17, 15) is 9.59 Å². The number of halogens is 1. The monoisotopic (exact) mass is 359 g/mol. The third-order valence-electron chi connectivity index (χ3n) is 4.76. The lowest BCUT2D eigenvalue weighted by Crippen LogP contribution is -2.43. The molecule has 1 aliphatic rings. The predicted octanol–water partition coefficient (Wildman–Crippen LogP) is 3.26. The summed E-state index contributed by atoms with van der Waals surface area (Å²) >= 11 is 5.90. The van der Waals surface area contributed by atoms with E-state index in [-0.39, 0.29) is 24.1 Å². The number of benzene rings is 1. The van der Waals surface area contributed by atoms with E-state index >= 15 is 0 Å². The molecule has 0 saturated heterocycles. The average Bonchev–Trinajstić information content (AvgIpc) is 2.60. The van der Waals surface area contributed by atoms with E-state index in [2.05, 4.69) is 17.3 Å². The molecule has 0 aliphatic heterocycles. The van der Waals surface area contributed by atoms with Gasteiger partial charge in [0.25, 0.3) is 5.56 Å². The molecule has 2 aromatic rings. The maximum Gasteiger partial charge on any atom is 0.267 e. The van der Waals surface area contributed by atoms with Crippen LogP contribution in [0, 0.1) is 5.92 Å². The molecule has 25 heavy (non-hydrogen) atoms. The fourth-order valence-corrected chi connectivity index (χ4v) is 3.38. The first-order chi connectivity index (χ1) is 12.0. The topological polar surface area (TPSA) is 64.0 Å². The van der Waals surface area contributed by atoms with E-state index in [1.165, 1.54) is 17.2 Å².